The zero-order chi connectivity index (χ0) is 26.8. The Labute approximate surface area is 220 Å². The number of halogens is 3. The Balaban J connectivity index is 1.21. The molecule has 200 valence electrons. The predicted octanol–water partition coefficient (Wildman–Crippen LogP) is 7.56. The summed E-state index contributed by atoms with van der Waals surface area (Å²) < 4.78 is 55.2. The van der Waals surface area contributed by atoms with Gasteiger partial charge < -0.3 is 14.6 Å². The number of aliphatic hydroxyl groups excluding tert-OH is 1. The standard InChI is InChI=1S/C31H31F3O4/c1-2-3-27(35)20-6-4-19(5-7-20)24-14-15-25(30(34)29(24)33)31(36)38-22-11-8-18(9-12-22)23-13-10-21(16-26(23)32)28-17-37-28/h4-7,10,13-16,18,22,27-28,35H,2-3,8-9,11-12,17H2,1H3. The van der Waals surface area contributed by atoms with Gasteiger partial charge in [0.05, 0.1) is 18.3 Å². The summed E-state index contributed by atoms with van der Waals surface area (Å²) in [5.41, 5.74) is 2.22. The summed E-state index contributed by atoms with van der Waals surface area (Å²) in [4.78, 5) is 12.7. The first kappa shape index (κ1) is 26.4. The Morgan fingerprint density at radius 1 is 1.00 bits per heavy atom. The van der Waals surface area contributed by atoms with E-state index in [2.05, 4.69) is 0 Å². The van der Waals surface area contributed by atoms with E-state index in [1.54, 1.807) is 24.3 Å². The fourth-order valence-electron chi connectivity index (χ4n) is 5.28. The number of carbonyl (C=O) groups excluding carboxylic acids is 1. The molecule has 1 heterocycles. The monoisotopic (exact) mass is 524 g/mol. The lowest BCUT2D eigenvalue weighted by molar-refractivity contribution is 0.0188. The Morgan fingerprint density at radius 2 is 1.71 bits per heavy atom. The maximum absolute atomic E-state index is 15.0. The summed E-state index contributed by atoms with van der Waals surface area (Å²) in [7, 11) is 0. The third-order valence-corrected chi connectivity index (χ3v) is 7.59. The number of rotatable bonds is 8. The van der Waals surface area contributed by atoms with Crippen LogP contribution in [0.25, 0.3) is 11.1 Å². The van der Waals surface area contributed by atoms with Crippen LogP contribution in [0.5, 0.6) is 0 Å². The molecule has 1 aliphatic carbocycles. The molecule has 3 aromatic rings. The second-order valence-electron chi connectivity index (χ2n) is 10.2. The molecule has 7 heteroatoms. The van der Waals surface area contributed by atoms with Crippen molar-refractivity contribution in [2.45, 2.75) is 69.7 Å². The first-order valence-corrected chi connectivity index (χ1v) is 13.2. The largest absolute Gasteiger partial charge is 0.459 e. The molecule has 0 bridgehead atoms. The van der Waals surface area contributed by atoms with Crippen LogP contribution in [0.2, 0.25) is 0 Å². The van der Waals surface area contributed by atoms with Gasteiger partial charge in [-0.3, -0.25) is 0 Å². The molecule has 2 fully saturated rings. The van der Waals surface area contributed by atoms with Gasteiger partial charge in [-0.15, -0.1) is 0 Å². The molecule has 0 spiro atoms. The first-order chi connectivity index (χ1) is 18.4. The highest BCUT2D eigenvalue weighted by molar-refractivity contribution is 5.90. The van der Waals surface area contributed by atoms with Crippen LogP contribution in [-0.2, 0) is 9.47 Å². The van der Waals surface area contributed by atoms with Gasteiger partial charge in [0.1, 0.15) is 18.0 Å². The molecule has 0 radical (unpaired) electrons. The third kappa shape index (κ3) is 5.64. The van der Waals surface area contributed by atoms with Crippen LogP contribution in [-0.4, -0.2) is 23.8 Å². The molecular formula is C31H31F3O4. The van der Waals surface area contributed by atoms with Crippen molar-refractivity contribution >= 4 is 5.97 Å². The first-order valence-electron chi connectivity index (χ1n) is 13.2. The summed E-state index contributed by atoms with van der Waals surface area (Å²) in [6, 6.07) is 14.5. The van der Waals surface area contributed by atoms with Gasteiger partial charge in [0.25, 0.3) is 0 Å². The van der Waals surface area contributed by atoms with E-state index in [-0.39, 0.29) is 23.4 Å². The number of esters is 1. The summed E-state index contributed by atoms with van der Waals surface area (Å²) in [5.74, 6) is -3.52. The Hall–Kier alpha value is -3.16. The number of carbonyl (C=O) groups is 1. The molecule has 2 unspecified atom stereocenters. The van der Waals surface area contributed by atoms with E-state index < -0.39 is 35.4 Å². The van der Waals surface area contributed by atoms with Crippen molar-refractivity contribution in [1.82, 2.24) is 0 Å². The minimum atomic E-state index is -1.25. The lowest BCUT2D eigenvalue weighted by atomic mass is 9.82. The number of hydrogen-bond donors (Lipinski definition) is 1. The van der Waals surface area contributed by atoms with E-state index in [0.29, 0.717) is 55.4 Å². The maximum Gasteiger partial charge on any atom is 0.341 e. The van der Waals surface area contributed by atoms with Gasteiger partial charge in [-0.25, -0.2) is 18.0 Å². The minimum Gasteiger partial charge on any atom is -0.459 e. The van der Waals surface area contributed by atoms with Crippen molar-refractivity contribution in [3.05, 3.63) is 94.3 Å². The van der Waals surface area contributed by atoms with Crippen molar-refractivity contribution in [2.75, 3.05) is 6.61 Å². The topological polar surface area (TPSA) is 59.1 Å². The zero-order valence-electron chi connectivity index (χ0n) is 21.3. The van der Waals surface area contributed by atoms with Crippen molar-refractivity contribution < 1.29 is 32.5 Å². The molecule has 2 atom stereocenters. The number of ether oxygens (including phenoxy) is 2. The van der Waals surface area contributed by atoms with E-state index in [0.717, 1.165) is 12.0 Å². The van der Waals surface area contributed by atoms with Crippen molar-refractivity contribution in [3.8, 4) is 11.1 Å². The molecule has 1 saturated carbocycles. The molecule has 1 saturated heterocycles. The Bertz CT molecular complexity index is 1300. The molecule has 4 nitrogen and oxygen atoms in total. The summed E-state index contributed by atoms with van der Waals surface area (Å²) >= 11 is 0. The Kier molecular flexibility index (Phi) is 7.86. The van der Waals surface area contributed by atoms with Crippen molar-refractivity contribution in [3.63, 3.8) is 0 Å². The number of benzene rings is 3. The van der Waals surface area contributed by atoms with Crippen LogP contribution in [0, 0.1) is 17.5 Å². The van der Waals surface area contributed by atoms with E-state index >= 15 is 0 Å². The fraction of sp³-hybridized carbons (Fsp3) is 0.387. The highest BCUT2D eigenvalue weighted by Crippen LogP contribution is 2.38. The van der Waals surface area contributed by atoms with Crippen LogP contribution in [0.15, 0.2) is 54.6 Å². The van der Waals surface area contributed by atoms with E-state index in [1.165, 1.54) is 18.2 Å². The molecule has 0 aromatic heterocycles. The quantitative estimate of drug-likeness (QED) is 0.244. The molecule has 2 aliphatic rings. The fourth-order valence-corrected chi connectivity index (χ4v) is 5.28. The molecule has 5 rings (SSSR count). The van der Waals surface area contributed by atoms with E-state index in [9.17, 15) is 23.1 Å². The summed E-state index contributed by atoms with van der Waals surface area (Å²) in [6.45, 7) is 2.60. The molecule has 3 aromatic carbocycles. The zero-order valence-corrected chi connectivity index (χ0v) is 21.3. The SMILES string of the molecule is CCCC(O)c1ccc(-c2ccc(C(=O)OC3CCC(c4ccc(C5CO5)cc4F)CC3)c(F)c2F)cc1. The van der Waals surface area contributed by atoms with Gasteiger partial charge in [0, 0.05) is 5.56 Å². The maximum atomic E-state index is 15.0. The number of hydrogen-bond acceptors (Lipinski definition) is 4. The second kappa shape index (κ2) is 11.3. The molecule has 1 N–H and O–H groups in total. The van der Waals surface area contributed by atoms with Gasteiger partial charge in [-0.2, -0.15) is 0 Å². The summed E-state index contributed by atoms with van der Waals surface area (Å²) in [6.07, 6.45) is 2.68. The van der Waals surface area contributed by atoms with Gasteiger partial charge in [0.15, 0.2) is 11.6 Å². The highest BCUT2D eigenvalue weighted by Gasteiger charge is 2.30. The average Bonchev–Trinajstić information content (AvgIpc) is 3.77. The van der Waals surface area contributed by atoms with Crippen LogP contribution in [0.4, 0.5) is 13.2 Å². The Morgan fingerprint density at radius 3 is 2.34 bits per heavy atom. The lowest BCUT2D eigenvalue weighted by Crippen LogP contribution is -2.25. The molecule has 1 aliphatic heterocycles. The van der Waals surface area contributed by atoms with Gasteiger partial charge in [0.2, 0.25) is 0 Å². The normalized spacial score (nSPS) is 21.7. The van der Waals surface area contributed by atoms with Crippen LogP contribution in [0.3, 0.4) is 0 Å². The van der Waals surface area contributed by atoms with Crippen LogP contribution in [0.1, 0.15) is 90.6 Å². The van der Waals surface area contributed by atoms with Gasteiger partial charge >= 0.3 is 5.97 Å². The van der Waals surface area contributed by atoms with Crippen LogP contribution >= 0.6 is 0 Å². The third-order valence-electron chi connectivity index (χ3n) is 7.59. The number of aliphatic hydroxyl groups is 1. The van der Waals surface area contributed by atoms with Crippen molar-refractivity contribution in [2.24, 2.45) is 0 Å². The second-order valence-corrected chi connectivity index (χ2v) is 10.2. The van der Waals surface area contributed by atoms with Crippen LogP contribution < -0.4 is 0 Å². The van der Waals surface area contributed by atoms with E-state index in [4.69, 9.17) is 9.47 Å². The smallest absolute Gasteiger partial charge is 0.341 e. The molecule has 0 amide bonds. The van der Waals surface area contributed by atoms with Gasteiger partial charge in [-0.05, 0) is 72.4 Å². The molecular weight excluding hydrogens is 493 g/mol. The van der Waals surface area contributed by atoms with Gasteiger partial charge in [-0.1, -0.05) is 55.8 Å². The predicted molar refractivity (Wildman–Crippen MR) is 137 cm³/mol. The lowest BCUT2D eigenvalue weighted by Gasteiger charge is -2.29. The number of epoxide rings is 1. The average molecular weight is 525 g/mol. The van der Waals surface area contributed by atoms with Crippen molar-refractivity contribution in [1.29, 1.82) is 0 Å². The summed E-state index contributed by atoms with van der Waals surface area (Å²) in [5, 5.41) is 10.1. The van der Waals surface area contributed by atoms with E-state index in [1.807, 2.05) is 19.1 Å². The molecule has 38 heavy (non-hydrogen) atoms. The minimum absolute atomic E-state index is 0.00174. The highest BCUT2D eigenvalue weighted by atomic mass is 19.2.